The van der Waals surface area contributed by atoms with Crippen molar-refractivity contribution in [2.45, 2.75) is 242 Å². The molecule has 436 valence electrons. The van der Waals surface area contributed by atoms with Crippen molar-refractivity contribution >= 4 is 0 Å². The van der Waals surface area contributed by atoms with Crippen molar-refractivity contribution < 1.29 is 109 Å². The zero-order valence-electron chi connectivity index (χ0n) is 45.0. The van der Waals surface area contributed by atoms with Crippen molar-refractivity contribution in [1.82, 2.24) is 0 Å². The Kier molecular flexibility index (Phi) is 16.7. The second kappa shape index (κ2) is 21.4. The maximum Gasteiger partial charge on any atom is 0.187 e. The third-order valence-corrected chi connectivity index (χ3v) is 21.2. The van der Waals surface area contributed by atoms with Gasteiger partial charge in [-0.3, -0.25) is 0 Å². The summed E-state index contributed by atoms with van der Waals surface area (Å²) in [5.74, 6) is 0.0310. The van der Waals surface area contributed by atoms with E-state index >= 15 is 0 Å². The first-order valence-electron chi connectivity index (χ1n) is 27.5. The molecule has 3 saturated carbocycles. The number of aliphatic hydroxyl groups is 14. The molecular weight excluding hydrogens is 1000 g/mol. The van der Waals surface area contributed by atoms with Crippen LogP contribution >= 0.6 is 0 Å². The monoisotopic (exact) mass is 1090 g/mol. The Hall–Kier alpha value is -1.40. The molecule has 9 rings (SSSR count). The van der Waals surface area contributed by atoms with Crippen LogP contribution in [0.25, 0.3) is 0 Å². The number of rotatable bonds is 12. The van der Waals surface area contributed by atoms with Gasteiger partial charge >= 0.3 is 0 Å². The van der Waals surface area contributed by atoms with Crippen molar-refractivity contribution in [3.05, 3.63) is 23.3 Å². The Morgan fingerprint density at radius 3 is 1.75 bits per heavy atom. The summed E-state index contributed by atoms with van der Waals surface area (Å²) in [5, 5.41) is 154. The number of aliphatic hydroxyl groups excluding tert-OH is 14. The minimum absolute atomic E-state index is 0.00989. The molecule has 0 amide bonds. The van der Waals surface area contributed by atoms with Gasteiger partial charge in [0, 0.05) is 10.8 Å². The number of ether oxygens (including phenoxy) is 8. The molecule has 4 saturated heterocycles. The van der Waals surface area contributed by atoms with Crippen LogP contribution in [-0.4, -0.2) is 233 Å². The molecule has 0 bridgehead atoms. The molecular formula is C54H88O22. The lowest BCUT2D eigenvalue weighted by Gasteiger charge is -2.70. The summed E-state index contributed by atoms with van der Waals surface area (Å²) >= 11 is 0. The Morgan fingerprint density at radius 1 is 0.539 bits per heavy atom. The van der Waals surface area contributed by atoms with E-state index < -0.39 is 159 Å². The van der Waals surface area contributed by atoms with Crippen molar-refractivity contribution in [2.24, 2.45) is 44.3 Å². The van der Waals surface area contributed by atoms with Gasteiger partial charge in [-0.1, -0.05) is 59.3 Å². The molecule has 4 heterocycles. The van der Waals surface area contributed by atoms with Gasteiger partial charge in [0.1, 0.15) is 85.5 Å². The topological polar surface area (TPSA) is 357 Å². The van der Waals surface area contributed by atoms with Gasteiger partial charge in [0.25, 0.3) is 0 Å². The summed E-state index contributed by atoms with van der Waals surface area (Å²) in [6.07, 6.45) is -23.9. The fourth-order valence-corrected chi connectivity index (χ4v) is 15.9. The highest BCUT2D eigenvalue weighted by molar-refractivity contribution is 5.46. The molecule has 0 aromatic carbocycles. The average molecular weight is 1090 g/mol. The Balaban J connectivity index is 0.930. The van der Waals surface area contributed by atoms with E-state index in [2.05, 4.69) is 46.8 Å². The molecule has 9 aliphatic rings. The molecule has 76 heavy (non-hydrogen) atoms. The lowest BCUT2D eigenvalue weighted by Crippen LogP contribution is -2.68. The summed E-state index contributed by atoms with van der Waals surface area (Å²) < 4.78 is 48.1. The third-order valence-electron chi connectivity index (χ3n) is 21.2. The second-order valence-electron chi connectivity index (χ2n) is 25.8. The molecule has 29 unspecified atom stereocenters. The lowest BCUT2D eigenvalue weighted by molar-refractivity contribution is -0.395. The third kappa shape index (κ3) is 9.34. The molecule has 0 spiro atoms. The fraction of sp³-hybridized carbons (Fsp3) is 0.926. The largest absolute Gasteiger partial charge is 0.396 e. The summed E-state index contributed by atoms with van der Waals surface area (Å²) in [7, 11) is 0. The normalized spacial score (nSPS) is 55.3. The first kappa shape index (κ1) is 59.2. The van der Waals surface area contributed by atoms with Crippen LogP contribution in [-0.2, 0) is 37.9 Å². The average Bonchev–Trinajstić information content (AvgIpc) is 3.58. The van der Waals surface area contributed by atoms with E-state index in [0.717, 1.165) is 25.7 Å². The van der Waals surface area contributed by atoms with Gasteiger partial charge in [-0.25, -0.2) is 0 Å². The lowest BCUT2D eigenvalue weighted by atomic mass is 9.35. The van der Waals surface area contributed by atoms with Crippen LogP contribution in [0.2, 0.25) is 0 Å². The van der Waals surface area contributed by atoms with Crippen LogP contribution in [0, 0.1) is 44.3 Å². The number of fused-ring (bicyclic) bond motifs is 6. The first-order chi connectivity index (χ1) is 35.6. The summed E-state index contributed by atoms with van der Waals surface area (Å²) in [6, 6.07) is 0. The molecule has 22 heteroatoms. The smallest absolute Gasteiger partial charge is 0.187 e. The van der Waals surface area contributed by atoms with Gasteiger partial charge in [0.05, 0.1) is 50.8 Å². The number of hydrogen-bond donors (Lipinski definition) is 14. The van der Waals surface area contributed by atoms with Gasteiger partial charge in [-0.05, 0) is 104 Å². The van der Waals surface area contributed by atoms with Gasteiger partial charge in [-0.15, -0.1) is 0 Å². The Morgan fingerprint density at radius 2 is 1.11 bits per heavy atom. The van der Waals surface area contributed by atoms with Crippen LogP contribution in [0.3, 0.4) is 0 Å². The predicted molar refractivity (Wildman–Crippen MR) is 263 cm³/mol. The molecule has 0 aromatic rings. The minimum Gasteiger partial charge on any atom is -0.396 e. The molecule has 5 aliphatic carbocycles. The zero-order valence-corrected chi connectivity index (χ0v) is 45.0. The summed E-state index contributed by atoms with van der Waals surface area (Å²) in [5.41, 5.74) is 0.154. The Labute approximate surface area is 444 Å². The highest BCUT2D eigenvalue weighted by Crippen LogP contribution is 2.74. The fourth-order valence-electron chi connectivity index (χ4n) is 15.9. The summed E-state index contributed by atoms with van der Waals surface area (Å²) in [6.45, 7) is 14.3. The molecule has 14 N–H and O–H groups in total. The molecule has 7 fully saturated rings. The van der Waals surface area contributed by atoms with Crippen LogP contribution in [0.15, 0.2) is 23.3 Å². The molecule has 0 radical (unpaired) electrons. The van der Waals surface area contributed by atoms with E-state index in [-0.39, 0.29) is 46.7 Å². The SMILES string of the molecule is CC1OC(OC2C(CO)OC(OC3C(O)C(CO)OC(OC4C(OC5CCC6(C)C(CCC7(C)C6C=CC6=C8CC(C)(C)C(O)CC8(CO)CCC67C)C5(C)CO)OC(C)C(O)C4O)C3O)C(O)C2O)C(O)C(O)C1O. The molecule has 29 atom stereocenters. The van der Waals surface area contributed by atoms with E-state index in [1.54, 1.807) is 6.92 Å². The van der Waals surface area contributed by atoms with Crippen molar-refractivity contribution in [2.75, 3.05) is 26.4 Å². The maximum absolute atomic E-state index is 11.9. The second-order valence-corrected chi connectivity index (χ2v) is 25.8. The standard InChI is InChI=1S/C54H88O22/c1-23-33(60)36(63)39(66)45(69-23)74-42-28(20-56)72-46(40(67)38(42)65)75-43-35(62)27(19-55)71-47(41(43)68)76-44-37(64)34(61)24(2)70-48(44)73-32-12-13-50(5)29(51(32,6)21-57)11-14-53(8)30(50)10-9-25-26-17-49(3,4)31(59)18-54(26,22-58)16-15-52(25,53)7/h9-10,23-24,27-48,55-68H,11-22H2,1-8H3. The van der Waals surface area contributed by atoms with Gasteiger partial charge in [0.2, 0.25) is 0 Å². The van der Waals surface area contributed by atoms with Crippen molar-refractivity contribution in [1.29, 1.82) is 0 Å². The van der Waals surface area contributed by atoms with E-state index in [9.17, 15) is 71.5 Å². The first-order valence-corrected chi connectivity index (χ1v) is 27.5. The van der Waals surface area contributed by atoms with Crippen LogP contribution < -0.4 is 0 Å². The summed E-state index contributed by atoms with van der Waals surface area (Å²) in [4.78, 5) is 0. The number of hydrogen-bond acceptors (Lipinski definition) is 22. The van der Waals surface area contributed by atoms with E-state index in [1.165, 1.54) is 18.1 Å². The Bertz CT molecular complexity index is 2110. The highest BCUT2D eigenvalue weighted by Gasteiger charge is 2.69. The van der Waals surface area contributed by atoms with Crippen LogP contribution in [0.5, 0.6) is 0 Å². The molecule has 22 nitrogen and oxygen atoms in total. The molecule has 4 aliphatic heterocycles. The van der Waals surface area contributed by atoms with Crippen molar-refractivity contribution in [3.8, 4) is 0 Å². The van der Waals surface area contributed by atoms with E-state index in [1.807, 2.05) is 6.92 Å². The number of allylic oxidation sites excluding steroid dienone is 3. The van der Waals surface area contributed by atoms with Gasteiger partial charge in [-0.2, -0.15) is 0 Å². The van der Waals surface area contributed by atoms with Gasteiger partial charge < -0.3 is 109 Å². The van der Waals surface area contributed by atoms with Crippen LogP contribution in [0.1, 0.15) is 107 Å². The maximum atomic E-state index is 11.9. The van der Waals surface area contributed by atoms with Gasteiger partial charge in [0.15, 0.2) is 25.2 Å². The van der Waals surface area contributed by atoms with E-state index in [0.29, 0.717) is 25.7 Å². The zero-order chi connectivity index (χ0) is 55.6. The predicted octanol–water partition coefficient (Wildman–Crippen LogP) is -1.64. The quantitative estimate of drug-likeness (QED) is 0.0975. The highest BCUT2D eigenvalue weighted by atomic mass is 16.8. The van der Waals surface area contributed by atoms with Crippen LogP contribution in [0.4, 0.5) is 0 Å². The molecule has 0 aromatic heterocycles. The minimum atomic E-state index is -2.03. The van der Waals surface area contributed by atoms with Crippen molar-refractivity contribution in [3.63, 3.8) is 0 Å². The van der Waals surface area contributed by atoms with E-state index in [4.69, 9.17) is 37.9 Å².